The second-order valence-corrected chi connectivity index (χ2v) is 10.5. The zero-order valence-electron chi connectivity index (χ0n) is 22.4. The average Bonchev–Trinajstić information content (AvgIpc) is 3.58. The highest BCUT2D eigenvalue weighted by Gasteiger charge is 2.21. The molecule has 1 saturated carbocycles. The van der Waals surface area contributed by atoms with Gasteiger partial charge in [0.25, 0.3) is 0 Å². The number of rotatable bonds is 10. The van der Waals surface area contributed by atoms with Crippen LogP contribution in [0.3, 0.4) is 0 Å². The van der Waals surface area contributed by atoms with E-state index in [1.807, 2.05) is 29.2 Å². The largest absolute Gasteiger partial charge is 0.367 e. The highest BCUT2D eigenvalue weighted by molar-refractivity contribution is 5.84. The predicted octanol–water partition coefficient (Wildman–Crippen LogP) is 5.79. The Labute approximate surface area is 219 Å². The molecule has 196 valence electrons. The van der Waals surface area contributed by atoms with Gasteiger partial charge in [0.2, 0.25) is 5.95 Å². The lowest BCUT2D eigenvalue weighted by Crippen LogP contribution is -2.40. The Kier molecular flexibility index (Phi) is 7.69. The van der Waals surface area contributed by atoms with E-state index >= 15 is 0 Å². The Morgan fingerprint density at radius 1 is 0.973 bits per heavy atom. The molecule has 0 spiro atoms. The summed E-state index contributed by atoms with van der Waals surface area (Å²) in [4.78, 5) is 21.2. The number of hydrogen-bond acceptors (Lipinski definition) is 7. The van der Waals surface area contributed by atoms with Gasteiger partial charge in [-0.15, -0.1) is 0 Å². The van der Waals surface area contributed by atoms with E-state index in [4.69, 9.17) is 15.0 Å². The molecule has 1 aliphatic rings. The third-order valence-corrected chi connectivity index (χ3v) is 7.30. The lowest BCUT2D eigenvalue weighted by Gasteiger charge is -2.30. The minimum absolute atomic E-state index is 0.446. The van der Waals surface area contributed by atoms with Crippen LogP contribution in [0.1, 0.15) is 65.8 Å². The summed E-state index contributed by atoms with van der Waals surface area (Å²) in [5.41, 5.74) is 3.72. The molecule has 0 atom stereocenters. The summed E-state index contributed by atoms with van der Waals surface area (Å²) >= 11 is 0. The van der Waals surface area contributed by atoms with E-state index in [2.05, 4.69) is 64.9 Å². The maximum absolute atomic E-state index is 4.95. The molecule has 0 amide bonds. The lowest BCUT2D eigenvalue weighted by atomic mass is 9.95. The fraction of sp³-hybridized carbons (Fsp3) is 0.500. The maximum Gasteiger partial charge on any atom is 0.231 e. The molecule has 3 heterocycles. The van der Waals surface area contributed by atoms with Gasteiger partial charge < -0.3 is 19.8 Å². The van der Waals surface area contributed by atoms with Gasteiger partial charge in [0.05, 0.1) is 12.7 Å². The fourth-order valence-electron chi connectivity index (χ4n) is 5.40. The topological polar surface area (TPSA) is 88.7 Å². The first-order chi connectivity index (χ1) is 18.0. The van der Waals surface area contributed by atoms with Crippen molar-refractivity contribution in [1.82, 2.24) is 34.0 Å². The molecule has 1 aromatic carbocycles. The van der Waals surface area contributed by atoms with Gasteiger partial charge in [-0.1, -0.05) is 19.3 Å². The van der Waals surface area contributed by atoms with Gasteiger partial charge in [0, 0.05) is 55.0 Å². The number of imidazole rings is 2. The Hall–Kier alpha value is -3.46. The molecule has 0 radical (unpaired) electrons. The average molecular weight is 502 g/mol. The van der Waals surface area contributed by atoms with E-state index in [1.54, 1.807) is 12.5 Å². The normalized spacial score (nSPS) is 14.8. The quantitative estimate of drug-likeness (QED) is 0.284. The first kappa shape index (κ1) is 25.2. The molecule has 0 saturated heterocycles. The third-order valence-electron chi connectivity index (χ3n) is 7.30. The minimum Gasteiger partial charge on any atom is -0.367 e. The van der Waals surface area contributed by atoms with Crippen molar-refractivity contribution < 1.29 is 0 Å². The van der Waals surface area contributed by atoms with E-state index < -0.39 is 0 Å². The lowest BCUT2D eigenvalue weighted by molar-refractivity contribution is 0.182. The van der Waals surface area contributed by atoms with E-state index in [-0.39, 0.29) is 0 Å². The summed E-state index contributed by atoms with van der Waals surface area (Å²) in [6.45, 7) is 10.7. The molecule has 2 N–H and O–H groups in total. The zero-order chi connectivity index (χ0) is 25.8. The van der Waals surface area contributed by atoms with Crippen LogP contribution in [0, 0.1) is 0 Å². The first-order valence-corrected chi connectivity index (χ1v) is 13.6. The van der Waals surface area contributed by atoms with Crippen molar-refractivity contribution in [3.05, 3.63) is 49.3 Å². The van der Waals surface area contributed by atoms with Crippen LogP contribution >= 0.6 is 0 Å². The van der Waals surface area contributed by atoms with E-state index in [1.165, 1.54) is 32.1 Å². The van der Waals surface area contributed by atoms with Crippen LogP contribution < -0.4 is 10.6 Å². The standard InChI is InChI=1S/C28H39N9/c1-20(2)36(21(3)4)17-15-30-26-25-27(37(19-31-25)24-8-6-5-7-9-24)34-28(33-26)32-22-10-12-23(13-11-22)35-16-14-29-18-35/h10-14,16,18-21,24H,5-9,15,17H2,1-4H3,(H2,30,32,33,34). The second kappa shape index (κ2) is 11.3. The van der Waals surface area contributed by atoms with Gasteiger partial charge >= 0.3 is 0 Å². The van der Waals surface area contributed by atoms with Crippen LogP contribution in [0.15, 0.2) is 49.3 Å². The molecule has 3 aromatic heterocycles. The molecule has 1 fully saturated rings. The number of fused-ring (bicyclic) bond motifs is 1. The van der Waals surface area contributed by atoms with Crippen molar-refractivity contribution in [3.63, 3.8) is 0 Å². The number of aromatic nitrogens is 6. The number of anilines is 3. The molecular weight excluding hydrogens is 462 g/mol. The second-order valence-electron chi connectivity index (χ2n) is 10.5. The Morgan fingerprint density at radius 2 is 1.73 bits per heavy atom. The molecular formula is C28H39N9. The van der Waals surface area contributed by atoms with Crippen molar-refractivity contribution in [2.75, 3.05) is 23.7 Å². The molecule has 0 bridgehead atoms. The van der Waals surface area contributed by atoms with Gasteiger partial charge in [0.1, 0.15) is 0 Å². The van der Waals surface area contributed by atoms with E-state index in [0.717, 1.165) is 41.4 Å². The van der Waals surface area contributed by atoms with Crippen molar-refractivity contribution in [2.24, 2.45) is 0 Å². The number of hydrogen-bond donors (Lipinski definition) is 2. The Balaban J connectivity index is 1.42. The summed E-state index contributed by atoms with van der Waals surface area (Å²) in [5, 5.41) is 7.01. The van der Waals surface area contributed by atoms with Crippen LogP contribution in [-0.4, -0.2) is 59.1 Å². The molecule has 9 heteroatoms. The van der Waals surface area contributed by atoms with Crippen LogP contribution in [0.5, 0.6) is 0 Å². The molecule has 4 aromatic rings. The van der Waals surface area contributed by atoms with Crippen LogP contribution in [0.2, 0.25) is 0 Å². The highest BCUT2D eigenvalue weighted by Crippen LogP contribution is 2.32. The van der Waals surface area contributed by atoms with Crippen molar-refractivity contribution in [3.8, 4) is 5.69 Å². The monoisotopic (exact) mass is 501 g/mol. The van der Waals surface area contributed by atoms with E-state index in [0.29, 0.717) is 24.1 Å². The maximum atomic E-state index is 4.95. The van der Waals surface area contributed by atoms with Gasteiger partial charge in [-0.25, -0.2) is 9.97 Å². The summed E-state index contributed by atoms with van der Waals surface area (Å²) in [7, 11) is 0. The zero-order valence-corrected chi connectivity index (χ0v) is 22.4. The smallest absolute Gasteiger partial charge is 0.231 e. The van der Waals surface area contributed by atoms with Crippen molar-refractivity contribution in [2.45, 2.75) is 77.9 Å². The Morgan fingerprint density at radius 3 is 2.41 bits per heavy atom. The van der Waals surface area contributed by atoms with Gasteiger partial charge in [-0.05, 0) is 64.8 Å². The third kappa shape index (κ3) is 5.77. The van der Waals surface area contributed by atoms with Crippen LogP contribution in [-0.2, 0) is 0 Å². The summed E-state index contributed by atoms with van der Waals surface area (Å²) in [6, 6.07) is 9.61. The minimum atomic E-state index is 0.446. The number of benzene rings is 1. The predicted molar refractivity (Wildman–Crippen MR) is 150 cm³/mol. The molecule has 0 unspecified atom stereocenters. The number of nitrogens with zero attached hydrogens (tertiary/aromatic N) is 7. The van der Waals surface area contributed by atoms with Crippen molar-refractivity contribution in [1.29, 1.82) is 0 Å². The van der Waals surface area contributed by atoms with Crippen molar-refractivity contribution >= 4 is 28.6 Å². The van der Waals surface area contributed by atoms with E-state index in [9.17, 15) is 0 Å². The summed E-state index contributed by atoms with van der Waals surface area (Å²) in [5.74, 6) is 1.36. The molecule has 1 aliphatic carbocycles. The van der Waals surface area contributed by atoms with Gasteiger partial charge in [-0.2, -0.15) is 9.97 Å². The summed E-state index contributed by atoms with van der Waals surface area (Å²) in [6.07, 6.45) is 13.6. The first-order valence-electron chi connectivity index (χ1n) is 13.6. The summed E-state index contributed by atoms with van der Waals surface area (Å²) < 4.78 is 4.25. The molecule has 5 rings (SSSR count). The Bertz CT molecular complexity index is 1260. The van der Waals surface area contributed by atoms with Crippen LogP contribution in [0.4, 0.5) is 17.5 Å². The fourth-order valence-corrected chi connectivity index (χ4v) is 5.40. The van der Waals surface area contributed by atoms with Gasteiger partial charge in [0.15, 0.2) is 17.0 Å². The molecule has 0 aliphatic heterocycles. The van der Waals surface area contributed by atoms with Crippen LogP contribution in [0.25, 0.3) is 16.9 Å². The molecule has 9 nitrogen and oxygen atoms in total. The highest BCUT2D eigenvalue weighted by atomic mass is 15.2. The molecule has 37 heavy (non-hydrogen) atoms. The SMILES string of the molecule is CC(C)N(CCNc1nc(Nc2ccc(-n3ccnc3)cc2)nc2c1ncn2C1CCCCC1)C(C)C. The van der Waals surface area contributed by atoms with Gasteiger partial charge in [-0.3, -0.25) is 4.90 Å². The number of nitrogens with one attached hydrogen (secondary N) is 2.